The normalized spacial score (nSPS) is 21.1. The van der Waals surface area contributed by atoms with Crippen LogP contribution >= 0.6 is 0 Å². The van der Waals surface area contributed by atoms with Gasteiger partial charge in [0.15, 0.2) is 0 Å². The summed E-state index contributed by atoms with van der Waals surface area (Å²) in [6.45, 7) is 6.78. The summed E-state index contributed by atoms with van der Waals surface area (Å²) in [5, 5.41) is 5.82. The second-order valence-corrected chi connectivity index (χ2v) is 8.39. The lowest BCUT2D eigenvalue weighted by Gasteiger charge is -2.29. The molecular formula is C22H24N2O2. The molecule has 1 aliphatic carbocycles. The Morgan fingerprint density at radius 3 is 2.58 bits per heavy atom. The molecule has 1 saturated heterocycles. The van der Waals surface area contributed by atoms with E-state index in [-0.39, 0.29) is 23.1 Å². The third-order valence-corrected chi connectivity index (χ3v) is 5.64. The van der Waals surface area contributed by atoms with Gasteiger partial charge in [-0.1, -0.05) is 51.1 Å². The van der Waals surface area contributed by atoms with Crippen LogP contribution in [0, 0.1) is 17.3 Å². The highest BCUT2D eigenvalue weighted by molar-refractivity contribution is 6.08. The van der Waals surface area contributed by atoms with Crippen LogP contribution < -0.4 is 10.6 Å². The van der Waals surface area contributed by atoms with Crippen molar-refractivity contribution >= 4 is 17.5 Å². The number of nitrogens with one attached hydrogen (secondary N) is 2. The maximum atomic E-state index is 12.8. The minimum absolute atomic E-state index is 0.00585. The number of rotatable bonds is 2. The van der Waals surface area contributed by atoms with Gasteiger partial charge in [0, 0.05) is 18.2 Å². The number of benzene rings is 2. The fourth-order valence-corrected chi connectivity index (χ4v) is 4.17. The largest absolute Gasteiger partial charge is 0.355 e. The van der Waals surface area contributed by atoms with Gasteiger partial charge < -0.3 is 10.6 Å². The molecule has 0 radical (unpaired) electrons. The van der Waals surface area contributed by atoms with Crippen LogP contribution in [-0.2, 0) is 16.0 Å². The summed E-state index contributed by atoms with van der Waals surface area (Å²) in [5.41, 5.74) is 5.67. The van der Waals surface area contributed by atoms with Gasteiger partial charge in [-0.15, -0.1) is 0 Å². The molecule has 1 fully saturated rings. The van der Waals surface area contributed by atoms with Crippen molar-refractivity contribution < 1.29 is 9.59 Å². The lowest BCUT2D eigenvalue weighted by molar-refractivity contribution is -0.132. The van der Waals surface area contributed by atoms with Crippen molar-refractivity contribution in [1.29, 1.82) is 0 Å². The monoisotopic (exact) mass is 348 g/mol. The van der Waals surface area contributed by atoms with Gasteiger partial charge in [-0.05, 0) is 46.2 Å². The number of amides is 2. The Bertz CT molecular complexity index is 895. The van der Waals surface area contributed by atoms with E-state index in [1.165, 1.54) is 22.3 Å². The Morgan fingerprint density at radius 1 is 1.08 bits per heavy atom. The van der Waals surface area contributed by atoms with Crippen molar-refractivity contribution in [2.24, 2.45) is 17.3 Å². The Hall–Kier alpha value is -2.62. The first-order valence-corrected chi connectivity index (χ1v) is 9.14. The van der Waals surface area contributed by atoms with Crippen LogP contribution in [0.4, 0.5) is 5.69 Å². The molecule has 0 bridgehead atoms. The first-order valence-electron chi connectivity index (χ1n) is 9.14. The zero-order valence-corrected chi connectivity index (χ0v) is 15.4. The predicted octanol–water partition coefficient (Wildman–Crippen LogP) is 3.60. The number of carbonyl (C=O) groups is 2. The second kappa shape index (κ2) is 5.97. The van der Waals surface area contributed by atoms with Crippen molar-refractivity contribution in [2.45, 2.75) is 27.2 Å². The van der Waals surface area contributed by atoms with E-state index in [4.69, 9.17) is 0 Å². The molecule has 0 unspecified atom stereocenters. The summed E-state index contributed by atoms with van der Waals surface area (Å²) < 4.78 is 0. The van der Waals surface area contributed by atoms with E-state index in [9.17, 15) is 9.59 Å². The van der Waals surface area contributed by atoms with Gasteiger partial charge in [-0.25, -0.2) is 0 Å². The number of fused-ring (bicyclic) bond motifs is 3. The average molecular weight is 348 g/mol. The topological polar surface area (TPSA) is 58.2 Å². The van der Waals surface area contributed by atoms with Crippen LogP contribution in [0.1, 0.15) is 31.9 Å². The molecule has 26 heavy (non-hydrogen) atoms. The molecule has 0 aromatic heterocycles. The lowest BCUT2D eigenvalue weighted by atomic mass is 9.74. The van der Waals surface area contributed by atoms with Crippen LogP contribution in [0.5, 0.6) is 0 Å². The fraction of sp³-hybridized carbons (Fsp3) is 0.364. The number of carbonyl (C=O) groups excluding carboxylic acids is 2. The zero-order chi connectivity index (χ0) is 18.5. The van der Waals surface area contributed by atoms with E-state index < -0.39 is 5.92 Å². The summed E-state index contributed by atoms with van der Waals surface area (Å²) in [7, 11) is 0. The summed E-state index contributed by atoms with van der Waals surface area (Å²) in [6, 6.07) is 14.4. The van der Waals surface area contributed by atoms with Gasteiger partial charge in [0.05, 0.1) is 0 Å². The molecule has 2 amide bonds. The van der Waals surface area contributed by atoms with Gasteiger partial charge >= 0.3 is 0 Å². The molecule has 134 valence electrons. The smallest absolute Gasteiger partial charge is 0.237 e. The first kappa shape index (κ1) is 16.8. The minimum atomic E-state index is -0.638. The molecular weight excluding hydrogens is 324 g/mol. The Labute approximate surface area is 154 Å². The lowest BCUT2D eigenvalue weighted by Crippen LogP contribution is -2.37. The molecule has 2 aromatic rings. The van der Waals surface area contributed by atoms with Gasteiger partial charge in [0.25, 0.3) is 0 Å². The highest BCUT2D eigenvalue weighted by Crippen LogP contribution is 2.38. The highest BCUT2D eigenvalue weighted by Gasteiger charge is 2.45. The van der Waals surface area contributed by atoms with Crippen LogP contribution in [-0.4, -0.2) is 18.4 Å². The zero-order valence-electron chi connectivity index (χ0n) is 15.4. The van der Waals surface area contributed by atoms with Crippen molar-refractivity contribution in [1.82, 2.24) is 5.32 Å². The first-order chi connectivity index (χ1) is 12.3. The Kier molecular flexibility index (Phi) is 3.87. The molecule has 0 spiro atoms. The van der Waals surface area contributed by atoms with E-state index in [0.717, 1.165) is 12.1 Å². The third-order valence-electron chi connectivity index (χ3n) is 5.64. The SMILES string of the molecule is CC(C)(C)[C@@H]1CNC(=O)[C@@H]1C(=O)Nc1ccc2c(c1)Cc1ccccc1-2. The molecule has 2 N–H and O–H groups in total. The number of hydrogen-bond donors (Lipinski definition) is 2. The Balaban J connectivity index is 1.56. The van der Waals surface area contributed by atoms with Crippen LogP contribution in [0.3, 0.4) is 0 Å². The second-order valence-electron chi connectivity index (χ2n) is 8.39. The Morgan fingerprint density at radius 2 is 1.81 bits per heavy atom. The van der Waals surface area contributed by atoms with Crippen molar-refractivity contribution in [3.63, 3.8) is 0 Å². The molecule has 4 nitrogen and oxygen atoms in total. The van der Waals surface area contributed by atoms with Crippen LogP contribution in [0.15, 0.2) is 42.5 Å². The third kappa shape index (κ3) is 2.79. The molecule has 2 aliphatic rings. The van der Waals surface area contributed by atoms with Crippen LogP contribution in [0.25, 0.3) is 11.1 Å². The van der Waals surface area contributed by atoms with Gasteiger partial charge in [-0.3, -0.25) is 9.59 Å². The standard InChI is InChI=1S/C22H24N2O2/c1-22(2,3)18-12-23-20(25)19(18)21(26)24-15-8-9-17-14(11-15)10-13-6-4-5-7-16(13)17/h4-9,11,18-19H,10,12H2,1-3H3,(H,23,25)(H,24,26)/t18-,19-/m1/s1. The number of anilines is 1. The van der Waals surface area contributed by atoms with E-state index >= 15 is 0 Å². The average Bonchev–Trinajstić information content (AvgIpc) is 3.14. The van der Waals surface area contributed by atoms with Crippen molar-refractivity contribution in [3.05, 3.63) is 53.6 Å². The molecule has 2 atom stereocenters. The maximum Gasteiger partial charge on any atom is 0.237 e. The highest BCUT2D eigenvalue weighted by atomic mass is 16.2. The molecule has 4 rings (SSSR count). The summed E-state index contributed by atoms with van der Waals surface area (Å²) >= 11 is 0. The van der Waals surface area contributed by atoms with Crippen LogP contribution in [0.2, 0.25) is 0 Å². The van der Waals surface area contributed by atoms with Crippen molar-refractivity contribution in [2.75, 3.05) is 11.9 Å². The molecule has 4 heteroatoms. The molecule has 1 aliphatic heterocycles. The summed E-state index contributed by atoms with van der Waals surface area (Å²) in [4.78, 5) is 25.1. The van der Waals surface area contributed by atoms with E-state index in [2.05, 4.69) is 61.7 Å². The predicted molar refractivity (Wildman–Crippen MR) is 103 cm³/mol. The molecule has 0 saturated carbocycles. The minimum Gasteiger partial charge on any atom is -0.355 e. The van der Waals surface area contributed by atoms with E-state index in [0.29, 0.717) is 6.54 Å². The van der Waals surface area contributed by atoms with Gasteiger partial charge in [0.2, 0.25) is 11.8 Å². The fourth-order valence-electron chi connectivity index (χ4n) is 4.17. The summed E-state index contributed by atoms with van der Waals surface area (Å²) in [6.07, 6.45) is 0.879. The molecule has 1 heterocycles. The van der Waals surface area contributed by atoms with Gasteiger partial charge in [-0.2, -0.15) is 0 Å². The summed E-state index contributed by atoms with van der Waals surface area (Å²) in [5.74, 6) is -1.03. The van der Waals surface area contributed by atoms with E-state index in [1.54, 1.807) is 0 Å². The quantitative estimate of drug-likeness (QED) is 0.695. The maximum absolute atomic E-state index is 12.8. The van der Waals surface area contributed by atoms with E-state index in [1.807, 2.05) is 12.1 Å². The van der Waals surface area contributed by atoms with Crippen molar-refractivity contribution in [3.8, 4) is 11.1 Å². The molecule has 2 aromatic carbocycles. The van der Waals surface area contributed by atoms with Gasteiger partial charge in [0.1, 0.15) is 5.92 Å². The number of hydrogen-bond acceptors (Lipinski definition) is 2.